The summed E-state index contributed by atoms with van der Waals surface area (Å²) in [5.41, 5.74) is 4.07. The van der Waals surface area contributed by atoms with E-state index < -0.39 is 0 Å². The van der Waals surface area contributed by atoms with Crippen LogP contribution in [-0.4, -0.2) is 9.97 Å². The van der Waals surface area contributed by atoms with E-state index in [2.05, 4.69) is 44.0 Å². The van der Waals surface area contributed by atoms with E-state index in [9.17, 15) is 0 Å². The zero-order chi connectivity index (χ0) is 15.6. The molecule has 23 heavy (non-hydrogen) atoms. The molecule has 0 aliphatic rings. The zero-order valence-corrected chi connectivity index (χ0v) is 13.9. The number of aromatic amines is 1. The predicted octanol–water partition coefficient (Wildman–Crippen LogP) is 5.80. The number of para-hydroxylation sites is 4. The van der Waals surface area contributed by atoms with Crippen LogP contribution < -0.4 is 4.90 Å². The molecule has 4 rings (SSSR count). The number of anilines is 3. The Morgan fingerprint density at radius 3 is 2.26 bits per heavy atom. The lowest BCUT2D eigenvalue weighted by Crippen LogP contribution is -2.11. The molecular weight excluding hydrogens is 350 g/mol. The van der Waals surface area contributed by atoms with Crippen LogP contribution in [0.4, 0.5) is 17.3 Å². The molecular formula is C19H14BrN3. The van der Waals surface area contributed by atoms with Crippen LogP contribution in [0.15, 0.2) is 83.3 Å². The second kappa shape index (κ2) is 5.89. The summed E-state index contributed by atoms with van der Waals surface area (Å²) in [5.74, 6) is 0.796. The fourth-order valence-corrected chi connectivity index (χ4v) is 3.09. The van der Waals surface area contributed by atoms with Gasteiger partial charge in [-0.2, -0.15) is 0 Å². The van der Waals surface area contributed by atoms with Gasteiger partial charge in [-0.1, -0.05) is 42.5 Å². The number of hydrogen-bond donors (Lipinski definition) is 1. The fraction of sp³-hybridized carbons (Fsp3) is 0. The highest BCUT2D eigenvalue weighted by atomic mass is 79.9. The largest absolute Gasteiger partial charge is 0.323 e. The monoisotopic (exact) mass is 363 g/mol. The predicted molar refractivity (Wildman–Crippen MR) is 98.5 cm³/mol. The minimum Gasteiger partial charge on any atom is -0.323 e. The summed E-state index contributed by atoms with van der Waals surface area (Å²) >= 11 is 3.65. The molecule has 0 amide bonds. The van der Waals surface area contributed by atoms with Crippen molar-refractivity contribution in [3.63, 3.8) is 0 Å². The third-order valence-corrected chi connectivity index (χ3v) is 4.37. The molecule has 3 aromatic carbocycles. The number of nitrogens with zero attached hydrogens (tertiary/aromatic N) is 2. The molecule has 0 bridgehead atoms. The van der Waals surface area contributed by atoms with E-state index in [1.165, 1.54) is 0 Å². The molecule has 112 valence electrons. The van der Waals surface area contributed by atoms with Crippen molar-refractivity contribution < 1.29 is 0 Å². The molecule has 4 aromatic rings. The van der Waals surface area contributed by atoms with Crippen molar-refractivity contribution in [2.45, 2.75) is 0 Å². The summed E-state index contributed by atoms with van der Waals surface area (Å²) in [4.78, 5) is 10.3. The molecule has 4 heteroatoms. The summed E-state index contributed by atoms with van der Waals surface area (Å²) in [5, 5.41) is 0. The van der Waals surface area contributed by atoms with E-state index in [0.29, 0.717) is 0 Å². The third kappa shape index (κ3) is 2.62. The van der Waals surface area contributed by atoms with Gasteiger partial charge in [-0.25, -0.2) is 4.98 Å². The van der Waals surface area contributed by atoms with Crippen LogP contribution in [-0.2, 0) is 0 Å². The number of imidazole rings is 1. The molecule has 0 radical (unpaired) electrons. The second-order valence-corrected chi connectivity index (χ2v) is 6.05. The molecule has 0 saturated carbocycles. The van der Waals surface area contributed by atoms with Crippen LogP contribution in [0.3, 0.4) is 0 Å². The Hall–Kier alpha value is -2.59. The van der Waals surface area contributed by atoms with Crippen LogP contribution in [0.1, 0.15) is 0 Å². The molecule has 0 aliphatic heterocycles. The van der Waals surface area contributed by atoms with Crippen molar-refractivity contribution >= 4 is 44.3 Å². The number of benzene rings is 3. The molecule has 0 atom stereocenters. The lowest BCUT2D eigenvalue weighted by Gasteiger charge is -2.23. The molecule has 1 aromatic heterocycles. The molecule has 3 nitrogen and oxygen atoms in total. The molecule has 0 saturated heterocycles. The topological polar surface area (TPSA) is 31.9 Å². The van der Waals surface area contributed by atoms with Gasteiger partial charge in [-0.15, -0.1) is 0 Å². The van der Waals surface area contributed by atoms with E-state index in [1.54, 1.807) is 0 Å². The number of nitrogens with one attached hydrogen (secondary N) is 1. The highest BCUT2D eigenvalue weighted by Crippen LogP contribution is 2.37. The van der Waals surface area contributed by atoms with Gasteiger partial charge in [-0.05, 0) is 52.3 Å². The van der Waals surface area contributed by atoms with Crippen molar-refractivity contribution in [2.24, 2.45) is 0 Å². The van der Waals surface area contributed by atoms with E-state index in [-0.39, 0.29) is 0 Å². The Kier molecular flexibility index (Phi) is 3.60. The van der Waals surface area contributed by atoms with E-state index in [1.807, 2.05) is 60.7 Å². The summed E-state index contributed by atoms with van der Waals surface area (Å²) in [6.45, 7) is 0. The minimum atomic E-state index is 0.796. The first kappa shape index (κ1) is 14.0. The second-order valence-electron chi connectivity index (χ2n) is 5.20. The highest BCUT2D eigenvalue weighted by molar-refractivity contribution is 9.10. The normalized spacial score (nSPS) is 10.8. The average molecular weight is 364 g/mol. The standard InChI is InChI=1S/C19H14BrN3/c20-15-10-4-7-13-18(15)23(14-8-2-1-3-9-14)19-21-16-11-5-6-12-17(16)22-19/h1-13H,(H,21,22). The van der Waals surface area contributed by atoms with Gasteiger partial charge in [-0.3, -0.25) is 4.90 Å². The summed E-state index contributed by atoms with van der Waals surface area (Å²) in [6.07, 6.45) is 0. The Bertz CT molecular complexity index is 914. The smallest absolute Gasteiger partial charge is 0.213 e. The van der Waals surface area contributed by atoms with Crippen LogP contribution in [0.2, 0.25) is 0 Å². The summed E-state index contributed by atoms with van der Waals surface area (Å²) < 4.78 is 1.02. The van der Waals surface area contributed by atoms with Gasteiger partial charge in [0.2, 0.25) is 5.95 Å². The molecule has 1 heterocycles. The number of fused-ring (bicyclic) bond motifs is 1. The van der Waals surface area contributed by atoms with Gasteiger partial charge < -0.3 is 4.98 Å². The van der Waals surface area contributed by atoms with Crippen LogP contribution in [0.25, 0.3) is 11.0 Å². The lowest BCUT2D eigenvalue weighted by molar-refractivity contribution is 1.15. The number of rotatable bonds is 3. The Morgan fingerprint density at radius 1 is 0.783 bits per heavy atom. The van der Waals surface area contributed by atoms with Gasteiger partial charge in [0.25, 0.3) is 0 Å². The third-order valence-electron chi connectivity index (χ3n) is 3.70. The Morgan fingerprint density at radius 2 is 1.48 bits per heavy atom. The van der Waals surface area contributed by atoms with E-state index >= 15 is 0 Å². The lowest BCUT2D eigenvalue weighted by atomic mass is 10.2. The maximum Gasteiger partial charge on any atom is 0.213 e. The molecule has 0 aliphatic carbocycles. The zero-order valence-electron chi connectivity index (χ0n) is 12.3. The number of hydrogen-bond acceptors (Lipinski definition) is 2. The van der Waals surface area contributed by atoms with Crippen LogP contribution >= 0.6 is 15.9 Å². The Labute approximate surface area is 142 Å². The maximum absolute atomic E-state index is 4.76. The van der Waals surface area contributed by atoms with Crippen molar-refractivity contribution in [2.75, 3.05) is 4.90 Å². The quantitative estimate of drug-likeness (QED) is 0.499. The first-order chi connectivity index (χ1) is 11.3. The first-order valence-electron chi connectivity index (χ1n) is 7.37. The van der Waals surface area contributed by atoms with Crippen molar-refractivity contribution in [1.82, 2.24) is 9.97 Å². The van der Waals surface area contributed by atoms with Crippen molar-refractivity contribution in [3.8, 4) is 0 Å². The summed E-state index contributed by atoms with van der Waals surface area (Å²) in [7, 11) is 0. The number of halogens is 1. The average Bonchev–Trinajstić information content (AvgIpc) is 3.01. The summed E-state index contributed by atoms with van der Waals surface area (Å²) in [6, 6.07) is 26.4. The Balaban J connectivity index is 1.93. The van der Waals surface area contributed by atoms with Gasteiger partial charge in [0.1, 0.15) is 0 Å². The van der Waals surface area contributed by atoms with Gasteiger partial charge in [0, 0.05) is 10.2 Å². The molecule has 0 fully saturated rings. The molecule has 0 unspecified atom stereocenters. The fourth-order valence-electron chi connectivity index (χ4n) is 2.63. The molecule has 0 spiro atoms. The van der Waals surface area contributed by atoms with E-state index in [4.69, 9.17) is 4.98 Å². The van der Waals surface area contributed by atoms with Gasteiger partial charge >= 0.3 is 0 Å². The van der Waals surface area contributed by atoms with Gasteiger partial charge in [0.15, 0.2) is 0 Å². The first-order valence-corrected chi connectivity index (χ1v) is 8.17. The molecule has 1 N–H and O–H groups in total. The van der Waals surface area contributed by atoms with Gasteiger partial charge in [0.05, 0.1) is 16.7 Å². The van der Waals surface area contributed by atoms with Crippen molar-refractivity contribution in [1.29, 1.82) is 0 Å². The number of aromatic nitrogens is 2. The number of H-pyrrole nitrogens is 1. The maximum atomic E-state index is 4.76. The van der Waals surface area contributed by atoms with Crippen LogP contribution in [0.5, 0.6) is 0 Å². The SMILES string of the molecule is Brc1ccccc1N(c1ccccc1)c1nc2ccccc2[nH]1. The van der Waals surface area contributed by atoms with Crippen molar-refractivity contribution in [3.05, 3.63) is 83.3 Å². The minimum absolute atomic E-state index is 0.796. The highest BCUT2D eigenvalue weighted by Gasteiger charge is 2.17. The van der Waals surface area contributed by atoms with Crippen LogP contribution in [0, 0.1) is 0 Å². The van der Waals surface area contributed by atoms with E-state index in [0.717, 1.165) is 32.8 Å².